The third-order valence-electron chi connectivity index (χ3n) is 3.37. The molecule has 0 aliphatic rings. The average Bonchev–Trinajstić information content (AvgIpc) is 2.39. The second-order valence-electron chi connectivity index (χ2n) is 4.38. The van der Waals surface area contributed by atoms with Crippen LogP contribution in [-0.2, 0) is 0 Å². The summed E-state index contributed by atoms with van der Waals surface area (Å²) in [4.78, 5) is 15.9. The predicted octanol–water partition coefficient (Wildman–Crippen LogP) is 2.97. The number of carbonyl (C=O) groups is 1. The lowest BCUT2D eigenvalue weighted by Crippen LogP contribution is -2.39. The highest BCUT2D eigenvalue weighted by molar-refractivity contribution is 8.00. The molecule has 1 rings (SSSR count). The first-order chi connectivity index (χ1) is 8.96. The second-order valence-corrected chi connectivity index (χ2v) is 6.04. The summed E-state index contributed by atoms with van der Waals surface area (Å²) in [6.07, 6.45) is 4.08. The van der Waals surface area contributed by atoms with Gasteiger partial charge in [0.15, 0.2) is 0 Å². The number of rotatable bonds is 6. The van der Waals surface area contributed by atoms with Gasteiger partial charge in [0.2, 0.25) is 0 Å². The molecular weight excluding hydrogens is 282 g/mol. The molecule has 1 amide bonds. The number of hydrogen-bond acceptors (Lipinski definition) is 4. The van der Waals surface area contributed by atoms with Crippen LogP contribution in [0, 0.1) is 0 Å². The molecular formula is C13H20ClN3OS. The first kappa shape index (κ1) is 16.1. The smallest absolute Gasteiger partial charge is 0.251 e. The van der Waals surface area contributed by atoms with Crippen molar-refractivity contribution in [3.05, 3.63) is 22.8 Å². The highest BCUT2D eigenvalue weighted by Gasteiger charge is 2.25. The van der Waals surface area contributed by atoms with E-state index in [1.54, 1.807) is 11.8 Å². The van der Waals surface area contributed by atoms with E-state index in [4.69, 9.17) is 17.3 Å². The largest absolute Gasteiger partial charge is 0.384 e. The number of pyridine rings is 1. The van der Waals surface area contributed by atoms with Crippen molar-refractivity contribution in [2.75, 3.05) is 18.5 Å². The summed E-state index contributed by atoms with van der Waals surface area (Å²) < 4.78 is 0.0814. The minimum absolute atomic E-state index is 0.0814. The maximum Gasteiger partial charge on any atom is 0.251 e. The molecule has 0 aliphatic heterocycles. The Bertz CT molecular complexity index is 421. The van der Waals surface area contributed by atoms with Crippen LogP contribution in [0.25, 0.3) is 0 Å². The Balaban J connectivity index is 2.74. The van der Waals surface area contributed by atoms with Crippen molar-refractivity contribution in [1.29, 1.82) is 0 Å². The molecule has 3 N–H and O–H groups in total. The van der Waals surface area contributed by atoms with Crippen LogP contribution in [0.1, 0.15) is 37.0 Å². The van der Waals surface area contributed by atoms with Crippen LogP contribution in [0.3, 0.4) is 0 Å². The number of nitrogen functional groups attached to an aromatic ring is 1. The summed E-state index contributed by atoms with van der Waals surface area (Å²) in [7, 11) is 0. The first-order valence-corrected chi connectivity index (χ1v) is 7.83. The van der Waals surface area contributed by atoms with E-state index >= 15 is 0 Å². The van der Waals surface area contributed by atoms with Crippen molar-refractivity contribution in [3.63, 3.8) is 0 Å². The van der Waals surface area contributed by atoms with Gasteiger partial charge in [0.05, 0.1) is 0 Å². The summed E-state index contributed by atoms with van der Waals surface area (Å²) >= 11 is 7.57. The molecule has 4 nitrogen and oxygen atoms in total. The Morgan fingerprint density at radius 3 is 2.58 bits per heavy atom. The zero-order chi connectivity index (χ0) is 14.5. The van der Waals surface area contributed by atoms with Gasteiger partial charge in [-0.2, -0.15) is 11.8 Å². The van der Waals surface area contributed by atoms with Crippen molar-refractivity contribution in [3.8, 4) is 0 Å². The van der Waals surface area contributed by atoms with E-state index in [0.717, 1.165) is 12.8 Å². The zero-order valence-electron chi connectivity index (χ0n) is 11.5. The van der Waals surface area contributed by atoms with Crippen LogP contribution < -0.4 is 11.1 Å². The first-order valence-electron chi connectivity index (χ1n) is 6.22. The number of carbonyl (C=O) groups excluding carboxylic acids is 1. The molecule has 19 heavy (non-hydrogen) atoms. The van der Waals surface area contributed by atoms with Crippen molar-refractivity contribution in [1.82, 2.24) is 10.3 Å². The third kappa shape index (κ3) is 4.28. The lowest BCUT2D eigenvalue weighted by molar-refractivity contribution is 0.0949. The summed E-state index contributed by atoms with van der Waals surface area (Å²) in [5.41, 5.74) is 6.02. The van der Waals surface area contributed by atoms with Gasteiger partial charge in [-0.15, -0.1) is 0 Å². The molecule has 0 atom stereocenters. The van der Waals surface area contributed by atoms with E-state index in [0.29, 0.717) is 12.1 Å². The summed E-state index contributed by atoms with van der Waals surface area (Å²) in [5.74, 6) is 0.0797. The van der Waals surface area contributed by atoms with Crippen LogP contribution in [-0.4, -0.2) is 28.4 Å². The number of nitrogens with zero attached hydrogens (tertiary/aromatic N) is 1. The number of hydrogen-bond donors (Lipinski definition) is 2. The number of nitrogens with two attached hydrogens (primary N) is 1. The quantitative estimate of drug-likeness (QED) is 0.793. The van der Waals surface area contributed by atoms with Crippen molar-refractivity contribution in [2.24, 2.45) is 0 Å². The van der Waals surface area contributed by atoms with Gasteiger partial charge in [-0.25, -0.2) is 4.98 Å². The van der Waals surface area contributed by atoms with Gasteiger partial charge in [-0.1, -0.05) is 25.4 Å². The van der Waals surface area contributed by atoms with E-state index in [1.807, 2.05) is 0 Å². The average molecular weight is 302 g/mol. The molecule has 0 saturated heterocycles. The summed E-state index contributed by atoms with van der Waals surface area (Å²) in [5, 5.41) is 3.17. The molecule has 0 bridgehead atoms. The van der Waals surface area contributed by atoms with E-state index in [-0.39, 0.29) is 21.6 Å². The molecule has 0 saturated carbocycles. The Morgan fingerprint density at radius 2 is 2.11 bits per heavy atom. The van der Waals surface area contributed by atoms with Crippen LogP contribution >= 0.6 is 23.4 Å². The van der Waals surface area contributed by atoms with Crippen molar-refractivity contribution in [2.45, 2.75) is 31.4 Å². The fourth-order valence-corrected chi connectivity index (χ4v) is 2.86. The van der Waals surface area contributed by atoms with E-state index in [9.17, 15) is 4.79 Å². The molecule has 6 heteroatoms. The van der Waals surface area contributed by atoms with Crippen molar-refractivity contribution < 1.29 is 4.79 Å². The lowest BCUT2D eigenvalue weighted by Gasteiger charge is -2.29. The van der Waals surface area contributed by atoms with E-state index in [1.165, 1.54) is 12.1 Å². The van der Waals surface area contributed by atoms with E-state index < -0.39 is 0 Å². The molecule has 1 aromatic heterocycles. The van der Waals surface area contributed by atoms with Gasteiger partial charge in [-0.05, 0) is 31.2 Å². The molecule has 0 aliphatic carbocycles. The predicted molar refractivity (Wildman–Crippen MR) is 82.8 cm³/mol. The molecule has 0 spiro atoms. The van der Waals surface area contributed by atoms with Crippen LogP contribution in [0.5, 0.6) is 0 Å². The Labute approximate surface area is 123 Å². The van der Waals surface area contributed by atoms with Crippen LogP contribution in [0.15, 0.2) is 12.1 Å². The topological polar surface area (TPSA) is 68.0 Å². The van der Waals surface area contributed by atoms with Gasteiger partial charge in [0, 0.05) is 16.9 Å². The Kier molecular flexibility index (Phi) is 5.94. The standard InChI is InChI=1S/C13H20ClN3OS/c1-4-13(5-2,19-3)8-16-12(18)9-6-10(14)17-11(15)7-9/h6-7H,4-5,8H2,1-3H3,(H2,15,17)(H,16,18). The number of aromatic nitrogens is 1. The summed E-state index contributed by atoms with van der Waals surface area (Å²) in [6.45, 7) is 4.89. The van der Waals surface area contributed by atoms with Gasteiger partial charge in [0.25, 0.3) is 5.91 Å². The Hall–Kier alpha value is -0.940. The SMILES string of the molecule is CCC(CC)(CNC(=O)c1cc(N)nc(Cl)c1)SC. The molecule has 1 heterocycles. The normalized spacial score (nSPS) is 11.4. The molecule has 0 aromatic carbocycles. The summed E-state index contributed by atoms with van der Waals surface area (Å²) in [6, 6.07) is 3.05. The monoisotopic (exact) mass is 301 g/mol. The van der Waals surface area contributed by atoms with Crippen LogP contribution in [0.4, 0.5) is 5.82 Å². The highest BCUT2D eigenvalue weighted by atomic mass is 35.5. The number of thioether (sulfide) groups is 1. The second kappa shape index (κ2) is 7.01. The van der Waals surface area contributed by atoms with Crippen LogP contribution in [0.2, 0.25) is 5.15 Å². The Morgan fingerprint density at radius 1 is 1.47 bits per heavy atom. The van der Waals surface area contributed by atoms with Crippen molar-refractivity contribution >= 4 is 35.1 Å². The number of amides is 1. The van der Waals surface area contributed by atoms with Gasteiger partial charge in [0.1, 0.15) is 11.0 Å². The highest BCUT2D eigenvalue weighted by Crippen LogP contribution is 2.29. The number of anilines is 1. The maximum atomic E-state index is 12.1. The molecule has 106 valence electrons. The molecule has 1 aromatic rings. The van der Waals surface area contributed by atoms with Gasteiger partial charge < -0.3 is 11.1 Å². The third-order valence-corrected chi connectivity index (χ3v) is 5.15. The fourth-order valence-electron chi connectivity index (χ4n) is 1.85. The lowest BCUT2D eigenvalue weighted by atomic mass is 10.0. The molecule has 0 unspecified atom stereocenters. The maximum absolute atomic E-state index is 12.1. The van der Waals surface area contributed by atoms with E-state index in [2.05, 4.69) is 30.4 Å². The van der Waals surface area contributed by atoms with Gasteiger partial charge in [-0.3, -0.25) is 4.79 Å². The molecule has 0 fully saturated rings. The number of halogens is 1. The van der Waals surface area contributed by atoms with Gasteiger partial charge >= 0.3 is 0 Å². The minimum Gasteiger partial charge on any atom is -0.384 e. The number of nitrogens with one attached hydrogen (secondary N) is 1. The molecule has 0 radical (unpaired) electrons. The zero-order valence-corrected chi connectivity index (χ0v) is 13.1. The fraction of sp³-hybridized carbons (Fsp3) is 0.538. The minimum atomic E-state index is -0.170.